The zero-order chi connectivity index (χ0) is 20.5. The summed E-state index contributed by atoms with van der Waals surface area (Å²) < 4.78 is 32.0. The second-order valence-corrected chi connectivity index (χ2v) is 8.05. The smallest absolute Gasteiger partial charge is 0.255 e. The van der Waals surface area contributed by atoms with Crippen molar-refractivity contribution in [1.82, 2.24) is 9.80 Å². The molecule has 0 aromatic heterocycles. The molecule has 2 aliphatic rings. The van der Waals surface area contributed by atoms with E-state index in [-0.39, 0.29) is 17.9 Å². The number of nitrogens with zero attached hydrogens (tertiary/aromatic N) is 2. The number of hydrogen-bond acceptors (Lipinski definition) is 3. The van der Waals surface area contributed by atoms with Crippen LogP contribution in [0.1, 0.15) is 34.7 Å². The van der Waals surface area contributed by atoms with Crippen LogP contribution >= 0.6 is 11.6 Å². The molecule has 2 aromatic rings. The second-order valence-electron chi connectivity index (χ2n) is 7.67. The summed E-state index contributed by atoms with van der Waals surface area (Å²) in [4.78, 5) is 17.2. The van der Waals surface area contributed by atoms with Crippen molar-refractivity contribution in [3.8, 4) is 5.75 Å². The normalized spacial score (nSPS) is 22.3. The number of carbonyl (C=O) groups excluding carboxylic acids is 1. The molecule has 2 heterocycles. The lowest BCUT2D eigenvalue weighted by Gasteiger charge is -2.46. The summed E-state index contributed by atoms with van der Waals surface area (Å²) in [5, 5.41) is 0.337. The van der Waals surface area contributed by atoms with Gasteiger partial charge in [0.2, 0.25) is 0 Å². The molecule has 2 aliphatic heterocycles. The lowest BCUT2D eigenvalue weighted by molar-refractivity contribution is 0.0329. The van der Waals surface area contributed by atoms with Crippen molar-refractivity contribution in [1.29, 1.82) is 0 Å². The molecule has 1 amide bonds. The van der Waals surface area contributed by atoms with Gasteiger partial charge in [0.1, 0.15) is 5.75 Å². The van der Waals surface area contributed by atoms with Gasteiger partial charge in [-0.1, -0.05) is 23.7 Å². The quantitative estimate of drug-likeness (QED) is 0.741. The van der Waals surface area contributed by atoms with Crippen LogP contribution in [0.15, 0.2) is 36.4 Å². The van der Waals surface area contributed by atoms with Gasteiger partial charge in [0.25, 0.3) is 5.91 Å². The van der Waals surface area contributed by atoms with Gasteiger partial charge in [-0.2, -0.15) is 0 Å². The molecule has 0 spiro atoms. The number of fused-ring (bicyclic) bond motifs is 1. The van der Waals surface area contributed by atoms with Crippen molar-refractivity contribution in [2.45, 2.75) is 24.8 Å². The average Bonchev–Trinajstić information content (AvgIpc) is 2.74. The third kappa shape index (κ3) is 3.96. The molecular formula is C22H23ClF2N2O2. The number of ether oxygens (including phenoxy) is 1. The highest BCUT2D eigenvalue weighted by Crippen LogP contribution is 2.34. The highest BCUT2D eigenvalue weighted by atomic mass is 35.5. The van der Waals surface area contributed by atoms with Crippen LogP contribution in [0.3, 0.4) is 0 Å². The fourth-order valence-electron chi connectivity index (χ4n) is 4.40. The monoisotopic (exact) mass is 420 g/mol. The first-order chi connectivity index (χ1) is 14.0. The van der Waals surface area contributed by atoms with E-state index in [1.54, 1.807) is 24.3 Å². The standard InChI is InChI=1S/C22H23ClF2N2O2/c1-29-20-4-2-3-17(21(20)23)22(28)27-10-9-26-12-15(5-7-16(26)13-27)14-6-8-18(24)19(25)11-14/h2-4,6,8,11,15-16H,5,7,9-10,12-13H2,1H3/t15-,16+/m0/s1. The Kier molecular flexibility index (Phi) is 5.74. The van der Waals surface area contributed by atoms with E-state index >= 15 is 0 Å². The Bertz CT molecular complexity index is 924. The number of benzene rings is 2. The molecule has 4 nitrogen and oxygen atoms in total. The molecule has 0 unspecified atom stereocenters. The molecule has 2 saturated heterocycles. The number of rotatable bonds is 3. The minimum Gasteiger partial charge on any atom is -0.495 e. The van der Waals surface area contributed by atoms with Gasteiger partial charge in [-0.15, -0.1) is 0 Å². The van der Waals surface area contributed by atoms with E-state index in [9.17, 15) is 13.6 Å². The van der Waals surface area contributed by atoms with Gasteiger partial charge in [-0.3, -0.25) is 9.69 Å². The lowest BCUT2D eigenvalue weighted by atomic mass is 9.86. The minimum atomic E-state index is -0.814. The third-order valence-electron chi connectivity index (χ3n) is 6.02. The molecule has 7 heteroatoms. The minimum absolute atomic E-state index is 0.0868. The molecule has 2 fully saturated rings. The van der Waals surface area contributed by atoms with Gasteiger partial charge in [0.05, 0.1) is 17.7 Å². The Labute approximate surface area is 174 Å². The number of carbonyl (C=O) groups is 1. The van der Waals surface area contributed by atoms with Crippen molar-refractivity contribution < 1.29 is 18.3 Å². The topological polar surface area (TPSA) is 32.8 Å². The summed E-state index contributed by atoms with van der Waals surface area (Å²) in [6.07, 6.45) is 1.79. The first-order valence-corrected chi connectivity index (χ1v) is 10.2. The summed E-state index contributed by atoms with van der Waals surface area (Å²) in [7, 11) is 1.53. The number of methoxy groups -OCH3 is 1. The van der Waals surface area contributed by atoms with Gasteiger partial charge in [-0.25, -0.2) is 8.78 Å². The molecule has 0 radical (unpaired) electrons. The maximum absolute atomic E-state index is 13.6. The first-order valence-electron chi connectivity index (χ1n) is 9.78. The van der Waals surface area contributed by atoms with Crippen LogP contribution in [-0.4, -0.2) is 55.0 Å². The molecule has 0 aliphatic carbocycles. The molecular weight excluding hydrogens is 398 g/mol. The Morgan fingerprint density at radius 3 is 2.69 bits per heavy atom. The SMILES string of the molecule is COc1cccc(C(=O)N2CCN3C[C@@H](c4ccc(F)c(F)c4)CC[C@@H]3C2)c1Cl. The van der Waals surface area contributed by atoms with Gasteiger partial charge in [-0.05, 0) is 48.6 Å². The van der Waals surface area contributed by atoms with Crippen molar-refractivity contribution >= 4 is 17.5 Å². The van der Waals surface area contributed by atoms with Gasteiger partial charge < -0.3 is 9.64 Å². The van der Waals surface area contributed by atoms with Crippen LogP contribution in [0.2, 0.25) is 5.02 Å². The fourth-order valence-corrected chi connectivity index (χ4v) is 4.69. The molecule has 0 N–H and O–H groups in total. The van der Waals surface area contributed by atoms with E-state index in [0.717, 1.165) is 31.5 Å². The summed E-state index contributed by atoms with van der Waals surface area (Å²) in [5.41, 5.74) is 1.29. The molecule has 0 bridgehead atoms. The zero-order valence-electron chi connectivity index (χ0n) is 16.2. The summed E-state index contributed by atoms with van der Waals surface area (Å²) >= 11 is 6.33. The molecule has 154 valence electrons. The van der Waals surface area contributed by atoms with E-state index in [4.69, 9.17) is 16.3 Å². The van der Waals surface area contributed by atoms with Gasteiger partial charge >= 0.3 is 0 Å². The van der Waals surface area contributed by atoms with Crippen molar-refractivity contribution in [3.63, 3.8) is 0 Å². The molecule has 29 heavy (non-hydrogen) atoms. The number of hydrogen-bond donors (Lipinski definition) is 0. The number of halogens is 3. The largest absolute Gasteiger partial charge is 0.495 e. The predicted molar refractivity (Wildman–Crippen MR) is 108 cm³/mol. The predicted octanol–water partition coefficient (Wildman–Crippen LogP) is 4.33. The van der Waals surface area contributed by atoms with Crippen molar-refractivity contribution in [3.05, 3.63) is 64.2 Å². The Morgan fingerprint density at radius 2 is 1.93 bits per heavy atom. The van der Waals surface area contributed by atoms with Crippen LogP contribution in [0.25, 0.3) is 0 Å². The summed E-state index contributed by atoms with van der Waals surface area (Å²) in [5.74, 6) is -1.03. The van der Waals surface area contributed by atoms with Crippen LogP contribution < -0.4 is 4.74 Å². The maximum Gasteiger partial charge on any atom is 0.255 e. The van der Waals surface area contributed by atoms with E-state index < -0.39 is 11.6 Å². The van der Waals surface area contributed by atoms with Crippen molar-refractivity contribution in [2.75, 3.05) is 33.3 Å². The molecule has 2 atom stereocenters. The van der Waals surface area contributed by atoms with E-state index in [1.165, 1.54) is 19.2 Å². The second kappa shape index (κ2) is 8.28. The van der Waals surface area contributed by atoms with E-state index in [1.807, 2.05) is 4.90 Å². The van der Waals surface area contributed by atoms with Crippen LogP contribution in [0.4, 0.5) is 8.78 Å². The third-order valence-corrected chi connectivity index (χ3v) is 6.41. The van der Waals surface area contributed by atoms with Gasteiger partial charge in [0, 0.05) is 32.2 Å². The Morgan fingerprint density at radius 1 is 1.10 bits per heavy atom. The Balaban J connectivity index is 1.43. The van der Waals surface area contributed by atoms with E-state index in [0.29, 0.717) is 29.4 Å². The highest BCUT2D eigenvalue weighted by molar-refractivity contribution is 6.35. The number of amides is 1. The summed E-state index contributed by atoms with van der Waals surface area (Å²) in [6.45, 7) is 2.78. The summed E-state index contributed by atoms with van der Waals surface area (Å²) in [6, 6.07) is 9.67. The van der Waals surface area contributed by atoms with Crippen molar-refractivity contribution in [2.24, 2.45) is 0 Å². The van der Waals surface area contributed by atoms with Crippen LogP contribution in [0.5, 0.6) is 5.75 Å². The number of piperazine rings is 1. The van der Waals surface area contributed by atoms with Crippen LogP contribution in [0, 0.1) is 11.6 Å². The molecule has 4 rings (SSSR count). The Hall–Kier alpha value is -2.18. The van der Waals surface area contributed by atoms with Gasteiger partial charge in [0.15, 0.2) is 11.6 Å². The van der Waals surface area contributed by atoms with Crippen LogP contribution in [-0.2, 0) is 0 Å². The number of piperidine rings is 1. The fraction of sp³-hybridized carbons (Fsp3) is 0.409. The van der Waals surface area contributed by atoms with E-state index in [2.05, 4.69) is 4.90 Å². The first kappa shape index (κ1) is 20.1. The maximum atomic E-state index is 13.6. The zero-order valence-corrected chi connectivity index (χ0v) is 17.0. The molecule has 0 saturated carbocycles. The highest BCUT2D eigenvalue weighted by Gasteiger charge is 2.35. The lowest BCUT2D eigenvalue weighted by Crippen LogP contribution is -2.57. The average molecular weight is 421 g/mol. The molecule has 2 aromatic carbocycles.